The number of phosphoric ester groups is 1. The van der Waals surface area contributed by atoms with Crippen LogP contribution in [0.4, 0.5) is 0 Å². The summed E-state index contributed by atoms with van der Waals surface area (Å²) in [5, 5.41) is 0. The number of rotatable bonds is 7. The van der Waals surface area contributed by atoms with Crippen LogP contribution in [0.3, 0.4) is 0 Å². The van der Waals surface area contributed by atoms with Gasteiger partial charge in [-0.25, -0.2) is 4.57 Å². The van der Waals surface area contributed by atoms with E-state index in [0.29, 0.717) is 11.5 Å². The van der Waals surface area contributed by atoms with Crippen molar-refractivity contribution < 1.29 is 18.5 Å². The van der Waals surface area contributed by atoms with Gasteiger partial charge in [0.15, 0.2) is 0 Å². The van der Waals surface area contributed by atoms with E-state index in [-0.39, 0.29) is 27.6 Å². The van der Waals surface area contributed by atoms with Crippen molar-refractivity contribution in [3.05, 3.63) is 57.6 Å². The summed E-state index contributed by atoms with van der Waals surface area (Å²) in [6, 6.07) is 8.86. The molecule has 0 radical (unpaired) electrons. The van der Waals surface area contributed by atoms with Gasteiger partial charge in [-0.3, -0.25) is 4.89 Å². The van der Waals surface area contributed by atoms with Crippen LogP contribution in [0.15, 0.2) is 24.3 Å². The van der Waals surface area contributed by atoms with Gasteiger partial charge in [-0.2, -0.15) is 0 Å². The molecule has 236 valence electrons. The third kappa shape index (κ3) is 8.23. The molecule has 0 amide bonds. The average molecular weight is 599 g/mol. The Bertz CT molecular complexity index is 1210. The van der Waals surface area contributed by atoms with Gasteiger partial charge in [-0.05, 0) is 39.2 Å². The van der Waals surface area contributed by atoms with Gasteiger partial charge in [0, 0.05) is 28.2 Å². The minimum atomic E-state index is -4.50. The molecule has 5 heteroatoms. The van der Waals surface area contributed by atoms with Gasteiger partial charge < -0.3 is 9.05 Å². The minimum Gasteiger partial charge on any atom is -0.395 e. The highest BCUT2D eigenvalue weighted by molar-refractivity contribution is 7.48. The Morgan fingerprint density at radius 2 is 1.00 bits per heavy atom. The molecule has 2 aromatic rings. The van der Waals surface area contributed by atoms with E-state index in [1.807, 2.05) is 0 Å². The zero-order valence-corrected chi connectivity index (χ0v) is 29.9. The SMILES string of the molecule is CCCCCCCCC1c2cc(C(C)(C)C)cc(C(C)(C)C)c2OP(=O)(O)Oc2c1cc(C(C)(C)C)cc2C(C)(C)C. The van der Waals surface area contributed by atoms with E-state index in [0.717, 1.165) is 41.5 Å². The first-order valence-electron chi connectivity index (χ1n) is 16.2. The van der Waals surface area contributed by atoms with Crippen molar-refractivity contribution in [2.75, 3.05) is 0 Å². The predicted octanol–water partition coefficient (Wildman–Crippen LogP) is 11.6. The van der Waals surface area contributed by atoms with Gasteiger partial charge in [-0.15, -0.1) is 0 Å². The lowest BCUT2D eigenvalue weighted by atomic mass is 9.73. The summed E-state index contributed by atoms with van der Waals surface area (Å²) in [6.07, 6.45) is 8.15. The van der Waals surface area contributed by atoms with E-state index in [9.17, 15) is 9.46 Å². The Morgan fingerprint density at radius 1 is 0.619 bits per heavy atom. The van der Waals surface area contributed by atoms with E-state index in [1.54, 1.807) is 0 Å². The highest BCUT2D eigenvalue weighted by Crippen LogP contribution is 2.58. The van der Waals surface area contributed by atoms with Gasteiger partial charge in [0.1, 0.15) is 11.5 Å². The topological polar surface area (TPSA) is 55.8 Å². The Balaban J connectivity index is 2.44. The number of hydrogen-bond donors (Lipinski definition) is 1. The number of hydrogen-bond acceptors (Lipinski definition) is 3. The number of phosphoric acid groups is 1. The normalized spacial score (nSPS) is 19.7. The van der Waals surface area contributed by atoms with Crippen LogP contribution in [0.1, 0.15) is 174 Å². The molecule has 0 saturated carbocycles. The van der Waals surface area contributed by atoms with Crippen LogP contribution >= 0.6 is 7.82 Å². The van der Waals surface area contributed by atoms with Crippen LogP contribution in [0.5, 0.6) is 11.5 Å². The van der Waals surface area contributed by atoms with Crippen molar-refractivity contribution in [2.24, 2.45) is 0 Å². The summed E-state index contributed by atoms with van der Waals surface area (Å²) >= 11 is 0. The first-order valence-corrected chi connectivity index (χ1v) is 17.7. The first-order chi connectivity index (χ1) is 19.1. The van der Waals surface area contributed by atoms with E-state index in [1.165, 1.54) is 36.8 Å². The van der Waals surface area contributed by atoms with Crippen LogP contribution in [0, 0.1) is 0 Å². The second kappa shape index (κ2) is 12.3. The summed E-state index contributed by atoms with van der Waals surface area (Å²) in [5.41, 5.74) is 5.51. The molecule has 0 aliphatic carbocycles. The smallest absolute Gasteiger partial charge is 0.395 e. The zero-order valence-electron chi connectivity index (χ0n) is 29.0. The maximum atomic E-state index is 13.8. The van der Waals surface area contributed by atoms with Crippen molar-refractivity contribution >= 4 is 7.82 Å². The van der Waals surface area contributed by atoms with E-state index >= 15 is 0 Å². The Hall–Kier alpha value is -1.77. The molecule has 4 nitrogen and oxygen atoms in total. The van der Waals surface area contributed by atoms with Crippen LogP contribution in [-0.2, 0) is 26.2 Å². The van der Waals surface area contributed by atoms with E-state index in [2.05, 4.69) is 114 Å². The first kappa shape index (κ1) is 34.7. The summed E-state index contributed by atoms with van der Waals surface area (Å²) in [4.78, 5) is 11.3. The van der Waals surface area contributed by atoms with Gasteiger partial charge in [0.2, 0.25) is 0 Å². The molecular weight excluding hydrogens is 539 g/mol. The molecular formula is C37H59O4P. The average Bonchev–Trinajstić information content (AvgIpc) is 2.80. The van der Waals surface area contributed by atoms with Crippen LogP contribution in [0.25, 0.3) is 0 Å². The van der Waals surface area contributed by atoms with Gasteiger partial charge in [-0.1, -0.05) is 153 Å². The minimum absolute atomic E-state index is 0.0340. The molecule has 1 N–H and O–H groups in total. The molecule has 0 fully saturated rings. The maximum Gasteiger partial charge on any atom is 0.584 e. The fraction of sp³-hybridized carbons (Fsp3) is 0.676. The highest BCUT2D eigenvalue weighted by atomic mass is 31.2. The monoisotopic (exact) mass is 598 g/mol. The second-order valence-electron chi connectivity index (χ2n) is 16.6. The molecule has 0 spiro atoms. The van der Waals surface area contributed by atoms with Crippen LogP contribution in [-0.4, -0.2) is 4.89 Å². The molecule has 0 bridgehead atoms. The van der Waals surface area contributed by atoms with Crippen molar-refractivity contribution in [3.8, 4) is 11.5 Å². The summed E-state index contributed by atoms with van der Waals surface area (Å²) < 4.78 is 26.1. The van der Waals surface area contributed by atoms with Crippen LogP contribution in [0.2, 0.25) is 0 Å². The molecule has 42 heavy (non-hydrogen) atoms. The second-order valence-corrected chi connectivity index (χ2v) is 17.9. The van der Waals surface area contributed by atoms with Gasteiger partial charge in [0.05, 0.1) is 0 Å². The Kier molecular flexibility index (Phi) is 10.2. The largest absolute Gasteiger partial charge is 0.584 e. The molecule has 1 aliphatic heterocycles. The lowest BCUT2D eigenvalue weighted by molar-refractivity contribution is 0.279. The standard InChI is InChI=1S/C37H59O4P/c1-14-15-16-17-18-19-20-27-28-21-25(34(2,3)4)23-30(36(8,9)10)32(28)40-42(38,39)41-33-29(27)22-26(35(5,6)7)24-31(33)37(11,12)13/h21-24,27H,14-20H2,1-13H3,(H,38,39). The summed E-state index contributed by atoms with van der Waals surface area (Å²) in [6.45, 7) is 28.5. The fourth-order valence-corrected chi connectivity index (χ4v) is 6.77. The highest BCUT2D eigenvalue weighted by Gasteiger charge is 2.41. The van der Waals surface area contributed by atoms with Crippen LogP contribution < -0.4 is 9.05 Å². The Labute approximate surface area is 257 Å². The lowest BCUT2D eigenvalue weighted by Gasteiger charge is -2.36. The summed E-state index contributed by atoms with van der Waals surface area (Å²) in [5.74, 6) is 0.996. The predicted molar refractivity (Wildman–Crippen MR) is 179 cm³/mol. The molecule has 0 unspecified atom stereocenters. The molecule has 1 aliphatic rings. The van der Waals surface area contributed by atoms with Crippen molar-refractivity contribution in [3.63, 3.8) is 0 Å². The molecule has 0 atom stereocenters. The van der Waals surface area contributed by atoms with E-state index in [4.69, 9.17) is 9.05 Å². The molecule has 0 saturated heterocycles. The zero-order chi connectivity index (χ0) is 31.9. The van der Waals surface area contributed by atoms with Gasteiger partial charge >= 0.3 is 7.82 Å². The summed E-state index contributed by atoms with van der Waals surface area (Å²) in [7, 11) is -4.50. The van der Waals surface area contributed by atoms with Crippen molar-refractivity contribution in [1.29, 1.82) is 0 Å². The molecule has 1 heterocycles. The number of fused-ring (bicyclic) bond motifs is 2. The van der Waals surface area contributed by atoms with Gasteiger partial charge in [0.25, 0.3) is 0 Å². The quantitative estimate of drug-likeness (QED) is 0.254. The number of benzene rings is 2. The molecule has 2 aromatic carbocycles. The van der Waals surface area contributed by atoms with Crippen molar-refractivity contribution in [1.82, 2.24) is 0 Å². The van der Waals surface area contributed by atoms with E-state index < -0.39 is 7.82 Å². The molecule has 3 rings (SSSR count). The third-order valence-corrected chi connectivity index (χ3v) is 9.42. The third-order valence-electron chi connectivity index (χ3n) is 8.59. The molecule has 0 aromatic heterocycles. The Morgan fingerprint density at radius 3 is 1.36 bits per heavy atom. The lowest BCUT2D eigenvalue weighted by Crippen LogP contribution is -2.24. The number of unbranched alkanes of at least 4 members (excludes halogenated alkanes) is 5. The fourth-order valence-electron chi connectivity index (χ4n) is 5.86. The maximum absolute atomic E-state index is 13.8. The van der Waals surface area contributed by atoms with Crippen molar-refractivity contribution in [2.45, 2.75) is 163 Å².